The quantitative estimate of drug-likeness (QED) is 0.729. The van der Waals surface area contributed by atoms with Gasteiger partial charge in [0.25, 0.3) is 0 Å². The zero-order valence-corrected chi connectivity index (χ0v) is 14.8. The number of hydrogen-bond donors (Lipinski definition) is 0. The highest BCUT2D eigenvalue weighted by molar-refractivity contribution is 9.10. The Hall–Kier alpha value is -0.450. The van der Waals surface area contributed by atoms with Crippen LogP contribution in [0.4, 0.5) is 0 Å². The first kappa shape index (κ1) is 14.2. The van der Waals surface area contributed by atoms with Gasteiger partial charge in [0, 0.05) is 22.5 Å². The van der Waals surface area contributed by atoms with Gasteiger partial charge in [0.05, 0.1) is 15.2 Å². The van der Waals surface area contributed by atoms with Gasteiger partial charge in [-0.05, 0) is 57.4 Å². The van der Waals surface area contributed by atoms with Crippen molar-refractivity contribution in [3.8, 4) is 0 Å². The van der Waals surface area contributed by atoms with E-state index < -0.39 is 0 Å². The summed E-state index contributed by atoms with van der Waals surface area (Å²) in [6.07, 6.45) is 6.81. The minimum absolute atomic E-state index is 0.695. The minimum Gasteiger partial charge on any atom is -0.298 e. The van der Waals surface area contributed by atoms with Crippen molar-refractivity contribution in [1.82, 2.24) is 9.88 Å². The molecule has 0 spiro atoms. The Labute approximate surface area is 138 Å². The van der Waals surface area contributed by atoms with Crippen LogP contribution in [0.2, 0.25) is 0 Å². The number of rotatable bonds is 2. The number of hydrogen-bond acceptors (Lipinski definition) is 3. The molecule has 21 heavy (non-hydrogen) atoms. The molecule has 1 aromatic heterocycles. The molecule has 2 fully saturated rings. The van der Waals surface area contributed by atoms with Gasteiger partial charge in [-0.25, -0.2) is 4.98 Å². The molecule has 1 aliphatic carbocycles. The zero-order valence-electron chi connectivity index (χ0n) is 12.4. The third-order valence-electron chi connectivity index (χ3n) is 5.15. The maximum Gasteiger partial charge on any atom is 0.0970 e. The van der Waals surface area contributed by atoms with Crippen LogP contribution in [-0.2, 0) is 0 Å². The van der Waals surface area contributed by atoms with Crippen molar-refractivity contribution in [2.75, 3.05) is 6.54 Å². The lowest BCUT2D eigenvalue weighted by Crippen LogP contribution is -2.50. The summed E-state index contributed by atoms with van der Waals surface area (Å²) < 4.78 is 2.47. The molecule has 1 atom stereocenters. The Bertz CT molecular complexity index is 647. The summed E-state index contributed by atoms with van der Waals surface area (Å²) in [4.78, 5) is 7.61. The summed E-state index contributed by atoms with van der Waals surface area (Å²) in [5.74, 6) is 0.695. The first-order valence-electron chi connectivity index (χ1n) is 8.02. The van der Waals surface area contributed by atoms with Crippen LogP contribution in [0, 0.1) is 0 Å². The van der Waals surface area contributed by atoms with Crippen molar-refractivity contribution in [1.29, 1.82) is 0 Å². The molecule has 1 aliphatic heterocycles. The second-order valence-electron chi connectivity index (χ2n) is 6.57. The monoisotopic (exact) mass is 364 g/mol. The number of thiazole rings is 1. The highest BCUT2D eigenvalue weighted by atomic mass is 79.9. The molecule has 1 saturated heterocycles. The molecule has 2 aromatic rings. The third kappa shape index (κ3) is 2.66. The van der Waals surface area contributed by atoms with E-state index in [1.807, 2.05) is 11.3 Å². The molecule has 0 radical (unpaired) electrons. The van der Waals surface area contributed by atoms with E-state index in [0.717, 1.165) is 22.1 Å². The van der Waals surface area contributed by atoms with E-state index in [0.29, 0.717) is 5.92 Å². The first-order chi connectivity index (χ1) is 10.2. The van der Waals surface area contributed by atoms with Crippen LogP contribution in [0.3, 0.4) is 0 Å². The summed E-state index contributed by atoms with van der Waals surface area (Å²) in [5.41, 5.74) is 1.16. The highest BCUT2D eigenvalue weighted by Gasteiger charge is 2.38. The Morgan fingerprint density at radius 2 is 2.14 bits per heavy atom. The van der Waals surface area contributed by atoms with Gasteiger partial charge in [-0.15, -0.1) is 11.3 Å². The van der Waals surface area contributed by atoms with E-state index >= 15 is 0 Å². The molecule has 2 nitrogen and oxygen atoms in total. The smallest absolute Gasteiger partial charge is 0.0970 e. The molecule has 4 heteroatoms. The maximum atomic E-state index is 4.85. The normalized spacial score (nSPS) is 30.5. The maximum absolute atomic E-state index is 4.85. The second-order valence-corrected chi connectivity index (χ2v) is 8.55. The molecule has 4 rings (SSSR count). The number of aromatic nitrogens is 1. The van der Waals surface area contributed by atoms with Crippen LogP contribution in [0.25, 0.3) is 10.2 Å². The summed E-state index contributed by atoms with van der Waals surface area (Å²) in [6, 6.07) is 8.01. The standard InChI is InChI=1S/C17H21BrN2S/c1-11-4-2-3-7-20(11)14-8-12(9-14)17-19-15-6-5-13(18)10-16(15)21-17/h5-6,10-12,14H,2-4,7-9H2,1H3/t11-,12-,14-/m0/s1. The lowest BCUT2D eigenvalue weighted by Gasteiger charge is -2.47. The zero-order chi connectivity index (χ0) is 14.4. The lowest BCUT2D eigenvalue weighted by atomic mass is 9.78. The van der Waals surface area contributed by atoms with Crippen LogP contribution in [0.5, 0.6) is 0 Å². The topological polar surface area (TPSA) is 16.1 Å². The van der Waals surface area contributed by atoms with Crippen molar-refractivity contribution in [3.05, 3.63) is 27.7 Å². The van der Waals surface area contributed by atoms with Crippen molar-refractivity contribution >= 4 is 37.5 Å². The molecular weight excluding hydrogens is 344 g/mol. The molecule has 2 aliphatic rings. The SMILES string of the molecule is C[C@H]1CCCCN1[C@H]1C[C@H](c2nc3ccc(Br)cc3s2)C1. The summed E-state index contributed by atoms with van der Waals surface area (Å²) in [6.45, 7) is 3.72. The molecule has 2 heterocycles. The van der Waals surface area contributed by atoms with Crippen LogP contribution < -0.4 is 0 Å². The predicted octanol–water partition coefficient (Wildman–Crippen LogP) is 5.18. The van der Waals surface area contributed by atoms with Crippen LogP contribution in [0.15, 0.2) is 22.7 Å². The average Bonchev–Trinajstić information content (AvgIpc) is 2.81. The highest BCUT2D eigenvalue weighted by Crippen LogP contribution is 2.44. The fourth-order valence-corrected chi connectivity index (χ4v) is 5.46. The molecule has 1 aromatic carbocycles. The summed E-state index contributed by atoms with van der Waals surface area (Å²) in [7, 11) is 0. The van der Waals surface area contributed by atoms with E-state index in [-0.39, 0.29) is 0 Å². The molecule has 0 N–H and O–H groups in total. The lowest BCUT2D eigenvalue weighted by molar-refractivity contribution is 0.0480. The van der Waals surface area contributed by atoms with E-state index in [4.69, 9.17) is 4.98 Å². The number of halogens is 1. The van der Waals surface area contributed by atoms with Gasteiger partial charge in [-0.1, -0.05) is 22.4 Å². The van der Waals surface area contributed by atoms with Crippen molar-refractivity contribution < 1.29 is 0 Å². The van der Waals surface area contributed by atoms with Crippen LogP contribution >= 0.6 is 27.3 Å². The first-order valence-corrected chi connectivity index (χ1v) is 9.63. The molecule has 0 unspecified atom stereocenters. The number of likely N-dealkylation sites (tertiary alicyclic amines) is 1. The number of benzene rings is 1. The molecule has 0 bridgehead atoms. The van der Waals surface area contributed by atoms with Gasteiger partial charge in [0.1, 0.15) is 0 Å². The van der Waals surface area contributed by atoms with E-state index in [1.165, 1.54) is 48.4 Å². The summed E-state index contributed by atoms with van der Waals surface area (Å²) >= 11 is 5.44. The van der Waals surface area contributed by atoms with Crippen molar-refractivity contribution in [2.24, 2.45) is 0 Å². The Kier molecular flexibility index (Phi) is 3.80. The van der Waals surface area contributed by atoms with E-state index in [1.54, 1.807) is 0 Å². The molecule has 112 valence electrons. The Morgan fingerprint density at radius 3 is 2.95 bits per heavy atom. The number of piperidine rings is 1. The number of fused-ring (bicyclic) bond motifs is 1. The van der Waals surface area contributed by atoms with Gasteiger partial charge in [-0.2, -0.15) is 0 Å². The third-order valence-corrected chi connectivity index (χ3v) is 6.83. The van der Waals surface area contributed by atoms with Crippen molar-refractivity contribution in [3.63, 3.8) is 0 Å². The van der Waals surface area contributed by atoms with Gasteiger partial charge >= 0.3 is 0 Å². The van der Waals surface area contributed by atoms with Gasteiger partial charge in [0.2, 0.25) is 0 Å². The van der Waals surface area contributed by atoms with Crippen LogP contribution in [-0.4, -0.2) is 28.5 Å². The Balaban J connectivity index is 1.46. The second kappa shape index (κ2) is 5.64. The molecule has 0 amide bonds. The van der Waals surface area contributed by atoms with Gasteiger partial charge in [0.15, 0.2) is 0 Å². The van der Waals surface area contributed by atoms with Crippen LogP contribution in [0.1, 0.15) is 50.0 Å². The van der Waals surface area contributed by atoms with E-state index in [2.05, 4.69) is 46.0 Å². The van der Waals surface area contributed by atoms with Crippen molar-refractivity contribution in [2.45, 2.75) is 57.0 Å². The Morgan fingerprint density at radius 1 is 1.29 bits per heavy atom. The molecular formula is C17H21BrN2S. The minimum atomic E-state index is 0.695. The average molecular weight is 365 g/mol. The molecule has 1 saturated carbocycles. The predicted molar refractivity (Wildman–Crippen MR) is 93.1 cm³/mol. The van der Waals surface area contributed by atoms with Gasteiger partial charge in [-0.3, -0.25) is 4.90 Å². The fraction of sp³-hybridized carbons (Fsp3) is 0.588. The van der Waals surface area contributed by atoms with Gasteiger partial charge < -0.3 is 0 Å². The number of nitrogens with zero attached hydrogens (tertiary/aromatic N) is 2. The summed E-state index contributed by atoms with van der Waals surface area (Å²) in [5, 5.41) is 1.35. The van der Waals surface area contributed by atoms with E-state index in [9.17, 15) is 0 Å². The fourth-order valence-electron chi connectivity index (χ4n) is 3.81. The largest absolute Gasteiger partial charge is 0.298 e.